The Hall–Kier alpha value is -1.69. The molecule has 6 heteroatoms. The molecule has 88 valence electrons. The van der Waals surface area contributed by atoms with Crippen molar-refractivity contribution in [2.75, 3.05) is 13.7 Å². The minimum Gasteiger partial charge on any atom is -0.479 e. The first-order chi connectivity index (χ1) is 7.41. The molecular formula is C10H14N2O4. The fraction of sp³-hybridized carbons (Fsp3) is 0.500. The molecule has 0 aromatic carbocycles. The average molecular weight is 226 g/mol. The summed E-state index contributed by atoms with van der Waals surface area (Å²) in [5, 5.41) is 13.1. The van der Waals surface area contributed by atoms with E-state index in [4.69, 9.17) is 9.84 Å². The predicted octanol–water partition coefficient (Wildman–Crippen LogP) is -0.00208. The van der Waals surface area contributed by atoms with E-state index in [1.165, 1.54) is 26.2 Å². The van der Waals surface area contributed by atoms with Crippen LogP contribution in [0.5, 0.6) is 0 Å². The number of methoxy groups -OCH3 is 1. The third kappa shape index (κ3) is 2.11. The van der Waals surface area contributed by atoms with E-state index in [2.05, 4.69) is 5.10 Å². The Kier molecular flexibility index (Phi) is 3.44. The van der Waals surface area contributed by atoms with Crippen molar-refractivity contribution in [2.24, 2.45) is 0 Å². The van der Waals surface area contributed by atoms with E-state index in [9.17, 15) is 9.59 Å². The van der Waals surface area contributed by atoms with Gasteiger partial charge >= 0.3 is 5.97 Å². The Morgan fingerprint density at radius 1 is 1.62 bits per heavy atom. The summed E-state index contributed by atoms with van der Waals surface area (Å²) in [5.74, 6) is -1.16. The molecular weight excluding hydrogens is 212 g/mol. The summed E-state index contributed by atoms with van der Waals surface area (Å²) in [7, 11) is 1.38. The molecule has 0 aliphatic heterocycles. The van der Waals surface area contributed by atoms with Crippen molar-refractivity contribution in [3.63, 3.8) is 0 Å². The normalized spacial score (nSPS) is 14.4. The van der Waals surface area contributed by atoms with Crippen LogP contribution in [0, 0.1) is 6.92 Å². The summed E-state index contributed by atoms with van der Waals surface area (Å²) in [6.45, 7) is 2.95. The number of carboxylic acid groups (broad SMARTS) is 1. The lowest BCUT2D eigenvalue weighted by Gasteiger charge is -2.25. The summed E-state index contributed by atoms with van der Waals surface area (Å²) < 4.78 is 5.78. The zero-order valence-corrected chi connectivity index (χ0v) is 9.43. The third-order valence-corrected chi connectivity index (χ3v) is 2.29. The fourth-order valence-electron chi connectivity index (χ4n) is 1.35. The van der Waals surface area contributed by atoms with Crippen LogP contribution in [0.4, 0.5) is 0 Å². The lowest BCUT2D eigenvalue weighted by molar-refractivity contribution is -0.150. The molecule has 0 aliphatic rings. The van der Waals surface area contributed by atoms with Gasteiger partial charge in [0.2, 0.25) is 0 Å². The van der Waals surface area contributed by atoms with Crippen molar-refractivity contribution in [1.82, 2.24) is 9.78 Å². The van der Waals surface area contributed by atoms with E-state index < -0.39 is 17.1 Å². The molecule has 16 heavy (non-hydrogen) atoms. The first kappa shape index (κ1) is 12.4. The average Bonchev–Trinajstić information content (AvgIpc) is 2.21. The van der Waals surface area contributed by atoms with Crippen molar-refractivity contribution < 1.29 is 14.6 Å². The van der Waals surface area contributed by atoms with Crippen LogP contribution in [0.25, 0.3) is 0 Å². The van der Waals surface area contributed by atoms with Crippen molar-refractivity contribution >= 4 is 5.97 Å². The predicted molar refractivity (Wildman–Crippen MR) is 56.4 cm³/mol. The summed E-state index contributed by atoms with van der Waals surface area (Å²) in [6.07, 6.45) is 0. The first-order valence-electron chi connectivity index (χ1n) is 4.71. The smallest absolute Gasteiger partial charge is 0.333 e. The van der Waals surface area contributed by atoms with Crippen molar-refractivity contribution in [3.8, 4) is 0 Å². The molecule has 0 bridgehead atoms. The SMILES string of the molecule is COCC(C)(C(=O)O)n1nc(C)ccc1=O. The van der Waals surface area contributed by atoms with Crippen molar-refractivity contribution in [2.45, 2.75) is 19.4 Å². The fourth-order valence-corrected chi connectivity index (χ4v) is 1.35. The number of ether oxygens (including phenoxy) is 1. The maximum atomic E-state index is 11.6. The molecule has 0 saturated carbocycles. The van der Waals surface area contributed by atoms with E-state index >= 15 is 0 Å². The van der Waals surface area contributed by atoms with Crippen LogP contribution in [0.1, 0.15) is 12.6 Å². The summed E-state index contributed by atoms with van der Waals surface area (Å²) >= 11 is 0. The molecule has 1 aromatic rings. The van der Waals surface area contributed by atoms with Crippen molar-refractivity contribution in [3.05, 3.63) is 28.2 Å². The topological polar surface area (TPSA) is 81.4 Å². The van der Waals surface area contributed by atoms with E-state index in [-0.39, 0.29) is 6.61 Å². The second-order valence-corrected chi connectivity index (χ2v) is 3.74. The van der Waals surface area contributed by atoms with Gasteiger partial charge in [0.1, 0.15) is 0 Å². The highest BCUT2D eigenvalue weighted by atomic mass is 16.5. The zero-order chi connectivity index (χ0) is 12.3. The molecule has 0 amide bonds. The Bertz CT molecular complexity index is 454. The molecule has 1 atom stereocenters. The first-order valence-corrected chi connectivity index (χ1v) is 4.71. The van der Waals surface area contributed by atoms with Gasteiger partial charge in [0.05, 0.1) is 12.3 Å². The Labute approximate surface area is 92.5 Å². The molecule has 1 N–H and O–H groups in total. The lowest BCUT2D eigenvalue weighted by Crippen LogP contribution is -2.49. The Morgan fingerprint density at radius 2 is 2.25 bits per heavy atom. The van der Waals surface area contributed by atoms with Crippen LogP contribution in [0.3, 0.4) is 0 Å². The van der Waals surface area contributed by atoms with Gasteiger partial charge in [-0.1, -0.05) is 0 Å². The third-order valence-electron chi connectivity index (χ3n) is 2.29. The van der Waals surface area contributed by atoms with Gasteiger partial charge in [-0.2, -0.15) is 5.10 Å². The van der Waals surface area contributed by atoms with Gasteiger partial charge in [0.15, 0.2) is 5.54 Å². The van der Waals surface area contributed by atoms with Crippen LogP contribution in [0.15, 0.2) is 16.9 Å². The molecule has 0 aliphatic carbocycles. The van der Waals surface area contributed by atoms with Crippen LogP contribution in [-0.2, 0) is 15.1 Å². The van der Waals surface area contributed by atoms with E-state index in [1.54, 1.807) is 6.92 Å². The molecule has 1 unspecified atom stereocenters. The summed E-state index contributed by atoms with van der Waals surface area (Å²) in [4.78, 5) is 22.8. The van der Waals surface area contributed by atoms with Gasteiger partial charge in [-0.25, -0.2) is 9.48 Å². The molecule has 0 saturated heterocycles. The standard InChI is InChI=1S/C10H14N2O4/c1-7-4-5-8(13)12(11-7)10(2,6-16-3)9(14)15/h4-5H,6H2,1-3H3,(H,14,15). The highest BCUT2D eigenvalue weighted by molar-refractivity contribution is 5.76. The van der Waals surface area contributed by atoms with E-state index in [0.29, 0.717) is 5.69 Å². The number of hydrogen-bond donors (Lipinski definition) is 1. The minimum atomic E-state index is -1.49. The largest absolute Gasteiger partial charge is 0.479 e. The molecule has 0 fully saturated rings. The van der Waals surface area contributed by atoms with Gasteiger partial charge in [-0.3, -0.25) is 4.79 Å². The number of rotatable bonds is 4. The van der Waals surface area contributed by atoms with Crippen LogP contribution >= 0.6 is 0 Å². The van der Waals surface area contributed by atoms with E-state index in [0.717, 1.165) is 4.68 Å². The highest BCUT2D eigenvalue weighted by Gasteiger charge is 2.37. The monoisotopic (exact) mass is 226 g/mol. The summed E-state index contributed by atoms with van der Waals surface area (Å²) in [5.41, 5.74) is -1.38. The van der Waals surface area contributed by atoms with Gasteiger partial charge in [0, 0.05) is 13.2 Å². The quantitative estimate of drug-likeness (QED) is 0.781. The minimum absolute atomic E-state index is 0.126. The Morgan fingerprint density at radius 3 is 2.75 bits per heavy atom. The molecule has 1 aromatic heterocycles. The summed E-state index contributed by atoms with van der Waals surface area (Å²) in [6, 6.07) is 2.83. The maximum Gasteiger partial charge on any atom is 0.333 e. The van der Waals surface area contributed by atoms with Crippen LogP contribution in [0.2, 0.25) is 0 Å². The lowest BCUT2D eigenvalue weighted by atomic mass is 10.0. The number of hydrogen-bond acceptors (Lipinski definition) is 4. The highest BCUT2D eigenvalue weighted by Crippen LogP contribution is 2.13. The zero-order valence-electron chi connectivity index (χ0n) is 9.43. The van der Waals surface area contributed by atoms with Gasteiger partial charge < -0.3 is 9.84 Å². The number of aryl methyl sites for hydroxylation is 1. The van der Waals surface area contributed by atoms with Crippen LogP contribution in [-0.4, -0.2) is 34.6 Å². The second kappa shape index (κ2) is 4.44. The number of aromatic nitrogens is 2. The molecule has 1 heterocycles. The van der Waals surface area contributed by atoms with E-state index in [1.807, 2.05) is 0 Å². The number of carboxylic acids is 1. The van der Waals surface area contributed by atoms with Gasteiger partial charge in [-0.05, 0) is 19.9 Å². The number of aliphatic carboxylic acids is 1. The van der Waals surface area contributed by atoms with Gasteiger partial charge in [0.25, 0.3) is 5.56 Å². The van der Waals surface area contributed by atoms with Gasteiger partial charge in [-0.15, -0.1) is 0 Å². The Balaban J connectivity index is 3.37. The second-order valence-electron chi connectivity index (χ2n) is 3.74. The number of carbonyl (C=O) groups is 1. The molecule has 6 nitrogen and oxygen atoms in total. The number of nitrogens with zero attached hydrogens (tertiary/aromatic N) is 2. The maximum absolute atomic E-state index is 11.6. The molecule has 0 radical (unpaired) electrons. The molecule has 0 spiro atoms. The van der Waals surface area contributed by atoms with Crippen molar-refractivity contribution in [1.29, 1.82) is 0 Å². The van der Waals surface area contributed by atoms with Crippen LogP contribution < -0.4 is 5.56 Å². The molecule has 1 rings (SSSR count).